The highest BCUT2D eigenvalue weighted by Gasteiger charge is 2.37. The normalized spacial score (nSPS) is 17.7. The number of aryl methyl sites for hydroxylation is 1. The van der Waals surface area contributed by atoms with Crippen LogP contribution in [0.4, 0.5) is 13.2 Å². The first-order valence-corrected chi connectivity index (χ1v) is 6.23. The molecule has 0 amide bonds. The van der Waals surface area contributed by atoms with Gasteiger partial charge in [0.15, 0.2) is 0 Å². The molecule has 1 aromatic rings. The molecular formula is C13H16F3N3O2. The van der Waals surface area contributed by atoms with Gasteiger partial charge in [0.05, 0.1) is 11.1 Å². The topological polar surface area (TPSA) is 50.3 Å². The van der Waals surface area contributed by atoms with Gasteiger partial charge in [-0.1, -0.05) is 5.73 Å². The average molecular weight is 303 g/mol. The molecule has 8 heteroatoms. The molecule has 1 N–H and O–H groups in total. The highest BCUT2D eigenvalue weighted by molar-refractivity contribution is 5.51. The van der Waals surface area contributed by atoms with Crippen molar-refractivity contribution in [1.29, 1.82) is 0 Å². The second-order valence-corrected chi connectivity index (χ2v) is 5.52. The molecule has 116 valence electrons. The Labute approximate surface area is 119 Å². The maximum Gasteiger partial charge on any atom is 0.433 e. The van der Waals surface area contributed by atoms with Crippen LogP contribution in [0.15, 0.2) is 16.4 Å². The molecule has 1 saturated heterocycles. The van der Waals surface area contributed by atoms with Gasteiger partial charge in [0.25, 0.3) is 5.56 Å². The molecule has 0 aliphatic carbocycles. The largest absolute Gasteiger partial charge is 0.471 e. The Balaban J connectivity index is 2.50. The minimum atomic E-state index is -4.64. The van der Waals surface area contributed by atoms with Gasteiger partial charge in [-0.05, 0) is 13.8 Å². The number of ether oxygens (including phenoxy) is 1. The van der Waals surface area contributed by atoms with E-state index in [4.69, 9.17) is 4.74 Å². The molecule has 2 rings (SSSR count). The second-order valence-electron chi connectivity index (χ2n) is 5.52. The maximum absolute atomic E-state index is 12.9. The summed E-state index contributed by atoms with van der Waals surface area (Å²) in [4.78, 5) is 13.5. The third kappa shape index (κ3) is 2.71. The number of aromatic nitrogens is 2. The molecule has 0 aromatic carbocycles. The monoisotopic (exact) mass is 303 g/mol. The zero-order valence-electron chi connectivity index (χ0n) is 12.1. The summed E-state index contributed by atoms with van der Waals surface area (Å²) in [5.41, 5.74) is 0.0108. The molecule has 1 aliphatic rings. The second kappa shape index (κ2) is 4.73. The van der Waals surface area contributed by atoms with Crippen LogP contribution in [0.5, 0.6) is 0 Å². The van der Waals surface area contributed by atoms with E-state index in [1.807, 2.05) is 18.9 Å². The number of hydrogen-bond acceptors (Lipinski definition) is 3. The molecule has 0 radical (unpaired) electrons. The molecule has 5 nitrogen and oxygen atoms in total. The predicted molar refractivity (Wildman–Crippen MR) is 70.3 cm³/mol. The van der Waals surface area contributed by atoms with E-state index in [9.17, 15) is 18.0 Å². The molecule has 1 fully saturated rings. The fourth-order valence-electron chi connectivity index (χ4n) is 1.90. The van der Waals surface area contributed by atoms with Crippen molar-refractivity contribution >= 4 is 6.08 Å². The Morgan fingerprint density at radius 3 is 2.48 bits per heavy atom. The number of nitrogens with one attached hydrogen (secondary N) is 1. The van der Waals surface area contributed by atoms with E-state index in [2.05, 4.69) is 5.73 Å². The van der Waals surface area contributed by atoms with Crippen molar-refractivity contribution in [3.05, 3.63) is 33.2 Å². The summed E-state index contributed by atoms with van der Waals surface area (Å²) in [6.07, 6.45) is -3.63. The van der Waals surface area contributed by atoms with Crippen molar-refractivity contribution in [1.82, 2.24) is 14.7 Å². The van der Waals surface area contributed by atoms with E-state index < -0.39 is 23.0 Å². The SMILES string of the molecule is CN1C(=C=Cc2c(C(F)(F)F)[nH]n(C)c2=O)OCC1(C)C. The molecule has 2 heterocycles. The molecule has 0 spiro atoms. The van der Waals surface area contributed by atoms with Crippen molar-refractivity contribution in [3.8, 4) is 0 Å². The Bertz CT molecular complexity index is 676. The third-order valence-corrected chi connectivity index (χ3v) is 3.48. The Kier molecular flexibility index (Phi) is 3.45. The quantitative estimate of drug-likeness (QED) is 0.807. The summed E-state index contributed by atoms with van der Waals surface area (Å²) in [5, 5.41) is 2.00. The van der Waals surface area contributed by atoms with E-state index in [0.29, 0.717) is 12.5 Å². The molecular weight excluding hydrogens is 287 g/mol. The number of alkyl halides is 3. The van der Waals surface area contributed by atoms with Crippen LogP contribution in [0.25, 0.3) is 6.08 Å². The lowest BCUT2D eigenvalue weighted by atomic mass is 10.1. The molecule has 0 atom stereocenters. The number of aromatic amines is 1. The zero-order chi connectivity index (χ0) is 16.0. The Hall–Kier alpha value is -2.08. The van der Waals surface area contributed by atoms with E-state index in [1.165, 1.54) is 7.05 Å². The van der Waals surface area contributed by atoms with Crippen LogP contribution in [-0.2, 0) is 18.0 Å². The van der Waals surface area contributed by atoms with Crippen molar-refractivity contribution in [2.45, 2.75) is 25.6 Å². The summed E-state index contributed by atoms with van der Waals surface area (Å²) in [6.45, 7) is 4.26. The minimum Gasteiger partial charge on any atom is -0.471 e. The lowest BCUT2D eigenvalue weighted by molar-refractivity contribution is -0.141. The smallest absolute Gasteiger partial charge is 0.433 e. The molecule has 0 saturated carbocycles. The van der Waals surface area contributed by atoms with Crippen LogP contribution in [0, 0.1) is 0 Å². The Morgan fingerprint density at radius 2 is 2.00 bits per heavy atom. The minimum absolute atomic E-state index is 0.272. The molecule has 0 unspecified atom stereocenters. The molecule has 1 aromatic heterocycles. The standard InChI is InChI=1S/C13H16F3N3O2/c1-12(2)7-21-9(18(12)3)6-5-8-10(13(14,15)16)17-19(4)11(8)20/h5,17H,7H2,1-4H3. The fourth-order valence-corrected chi connectivity index (χ4v) is 1.90. The number of hydrogen-bond donors (Lipinski definition) is 1. The fraction of sp³-hybridized carbons (Fsp3) is 0.538. The summed E-state index contributed by atoms with van der Waals surface area (Å²) in [5.74, 6) is 0.302. The first-order valence-electron chi connectivity index (χ1n) is 6.23. The number of rotatable bonds is 1. The molecule has 1 aliphatic heterocycles. The van der Waals surface area contributed by atoms with E-state index in [1.54, 1.807) is 11.9 Å². The van der Waals surface area contributed by atoms with Crippen LogP contribution in [0.1, 0.15) is 25.1 Å². The summed E-state index contributed by atoms with van der Waals surface area (Å²) >= 11 is 0. The van der Waals surface area contributed by atoms with Gasteiger partial charge in [-0.2, -0.15) is 13.2 Å². The van der Waals surface area contributed by atoms with Crippen LogP contribution < -0.4 is 5.56 Å². The van der Waals surface area contributed by atoms with Gasteiger partial charge in [0.1, 0.15) is 12.3 Å². The number of likely N-dealkylation sites (N-methyl/N-ethyl adjacent to an activating group) is 1. The zero-order valence-corrected chi connectivity index (χ0v) is 12.1. The number of nitrogens with zero attached hydrogens (tertiary/aromatic N) is 2. The van der Waals surface area contributed by atoms with Gasteiger partial charge in [-0.15, -0.1) is 0 Å². The average Bonchev–Trinajstić information content (AvgIpc) is 2.78. The summed E-state index contributed by atoms with van der Waals surface area (Å²) < 4.78 is 44.7. The van der Waals surface area contributed by atoms with Crippen LogP contribution in [-0.4, -0.2) is 33.9 Å². The molecule has 21 heavy (non-hydrogen) atoms. The lowest BCUT2D eigenvalue weighted by Gasteiger charge is -2.24. The molecule has 0 bridgehead atoms. The maximum atomic E-state index is 12.9. The van der Waals surface area contributed by atoms with Crippen molar-refractivity contribution in [3.63, 3.8) is 0 Å². The van der Waals surface area contributed by atoms with Crippen molar-refractivity contribution < 1.29 is 17.9 Å². The Morgan fingerprint density at radius 1 is 1.38 bits per heavy atom. The van der Waals surface area contributed by atoms with Crippen LogP contribution in [0.2, 0.25) is 0 Å². The van der Waals surface area contributed by atoms with Gasteiger partial charge in [0, 0.05) is 20.2 Å². The van der Waals surface area contributed by atoms with Crippen molar-refractivity contribution in [2.75, 3.05) is 13.7 Å². The van der Waals surface area contributed by atoms with Gasteiger partial charge in [-0.3, -0.25) is 14.6 Å². The summed E-state index contributed by atoms with van der Waals surface area (Å²) in [6, 6.07) is 0. The first-order chi connectivity index (χ1) is 9.54. The van der Waals surface area contributed by atoms with E-state index in [0.717, 1.165) is 10.8 Å². The first kappa shape index (κ1) is 15.3. The highest BCUT2D eigenvalue weighted by atomic mass is 19.4. The van der Waals surface area contributed by atoms with Gasteiger partial charge in [0.2, 0.25) is 5.88 Å². The van der Waals surface area contributed by atoms with Gasteiger partial charge in [-0.25, -0.2) is 0 Å². The lowest BCUT2D eigenvalue weighted by Crippen LogP contribution is -2.35. The van der Waals surface area contributed by atoms with E-state index >= 15 is 0 Å². The predicted octanol–water partition coefficient (Wildman–Crippen LogP) is 1.93. The van der Waals surface area contributed by atoms with Gasteiger partial charge < -0.3 is 9.64 Å². The van der Waals surface area contributed by atoms with Crippen molar-refractivity contribution in [2.24, 2.45) is 7.05 Å². The van der Waals surface area contributed by atoms with Crippen LogP contribution >= 0.6 is 0 Å². The number of H-pyrrole nitrogens is 1. The van der Waals surface area contributed by atoms with Gasteiger partial charge >= 0.3 is 6.18 Å². The highest BCUT2D eigenvalue weighted by Crippen LogP contribution is 2.30. The third-order valence-electron chi connectivity index (χ3n) is 3.48. The number of halogens is 3. The van der Waals surface area contributed by atoms with E-state index in [-0.39, 0.29) is 5.54 Å². The summed E-state index contributed by atoms with van der Waals surface area (Å²) in [7, 11) is 2.98. The van der Waals surface area contributed by atoms with Crippen LogP contribution in [0.3, 0.4) is 0 Å².